The van der Waals surface area contributed by atoms with Crippen LogP contribution in [0.3, 0.4) is 0 Å². The number of hydrogen-bond donors (Lipinski definition) is 0. The summed E-state index contributed by atoms with van der Waals surface area (Å²) in [6.07, 6.45) is 5.27. The number of piperidine rings is 2. The third kappa shape index (κ3) is 2.39. The zero-order valence-corrected chi connectivity index (χ0v) is 16.9. The zero-order valence-electron chi connectivity index (χ0n) is 16.9. The summed E-state index contributed by atoms with van der Waals surface area (Å²) in [5, 5.41) is 0. The largest absolute Gasteiger partial charge is 0.468 e. The van der Waals surface area contributed by atoms with Gasteiger partial charge in [0.2, 0.25) is 0 Å². The number of carbonyl (C=O) groups is 1. The molecule has 6 rings (SSSR count). The van der Waals surface area contributed by atoms with E-state index in [1.165, 1.54) is 12.7 Å². The van der Waals surface area contributed by atoms with E-state index in [0.717, 1.165) is 61.5 Å². The highest BCUT2D eigenvalue weighted by Gasteiger charge is 2.64. The van der Waals surface area contributed by atoms with Crippen LogP contribution in [-0.2, 0) is 14.3 Å². The first kappa shape index (κ1) is 18.1. The molecule has 4 aliphatic heterocycles. The number of esters is 1. The molecule has 1 aromatic rings. The van der Waals surface area contributed by atoms with Gasteiger partial charge < -0.3 is 9.47 Å². The normalized spacial score (nSPS) is 34.8. The summed E-state index contributed by atoms with van der Waals surface area (Å²) >= 11 is 0. The number of carbonyl (C=O) groups excluding carboxylic acids is 1. The van der Waals surface area contributed by atoms with Gasteiger partial charge in [-0.2, -0.15) is 0 Å². The molecule has 4 bridgehead atoms. The minimum atomic E-state index is -0.677. The van der Waals surface area contributed by atoms with Crippen LogP contribution in [-0.4, -0.2) is 56.5 Å². The highest BCUT2D eigenvalue weighted by Crippen LogP contribution is 2.57. The van der Waals surface area contributed by atoms with Gasteiger partial charge in [0.1, 0.15) is 5.41 Å². The standard InChI is InChI=1S/C23H28N2O3/c1-14-4-5-19-18(10-14)17-6-8-25-13-15-11-16(7-9-27-2)21(25)23(12-15,20(17)24-19)22(26)28-3/h4-6,10,15-16,21H,7-9,11-13H2,1-3H3. The molecule has 5 aliphatic rings. The maximum atomic E-state index is 13.4. The highest BCUT2D eigenvalue weighted by molar-refractivity contribution is 6.36. The molecule has 2 saturated heterocycles. The lowest BCUT2D eigenvalue weighted by atomic mass is 9.55. The molecule has 5 unspecified atom stereocenters. The average Bonchev–Trinajstić information content (AvgIpc) is 3.03. The van der Waals surface area contributed by atoms with Gasteiger partial charge in [-0.05, 0) is 50.2 Å². The van der Waals surface area contributed by atoms with Gasteiger partial charge >= 0.3 is 5.97 Å². The molecule has 148 valence electrons. The van der Waals surface area contributed by atoms with Gasteiger partial charge in [-0.1, -0.05) is 17.7 Å². The molecular weight excluding hydrogens is 352 g/mol. The van der Waals surface area contributed by atoms with Gasteiger partial charge in [0.05, 0.1) is 18.5 Å². The first-order valence-electron chi connectivity index (χ1n) is 10.3. The lowest BCUT2D eigenvalue weighted by Crippen LogP contribution is -2.67. The summed E-state index contributed by atoms with van der Waals surface area (Å²) in [5.74, 6) is 0.796. The molecule has 5 atom stereocenters. The van der Waals surface area contributed by atoms with Crippen molar-refractivity contribution in [3.8, 4) is 0 Å². The summed E-state index contributed by atoms with van der Waals surface area (Å²) in [6.45, 7) is 4.76. The molecule has 3 fully saturated rings. The van der Waals surface area contributed by atoms with Gasteiger partial charge in [0, 0.05) is 44.0 Å². The van der Waals surface area contributed by atoms with Crippen molar-refractivity contribution in [2.24, 2.45) is 22.2 Å². The van der Waals surface area contributed by atoms with Crippen molar-refractivity contribution < 1.29 is 14.3 Å². The number of ether oxygens (including phenoxy) is 2. The molecule has 28 heavy (non-hydrogen) atoms. The minimum absolute atomic E-state index is 0.120. The van der Waals surface area contributed by atoms with Gasteiger partial charge in [-0.25, -0.2) is 0 Å². The molecule has 0 aromatic heterocycles. The Morgan fingerprint density at radius 2 is 2.21 bits per heavy atom. The second-order valence-electron chi connectivity index (χ2n) is 8.81. The summed E-state index contributed by atoms with van der Waals surface area (Å²) in [5.41, 5.74) is 4.78. The topological polar surface area (TPSA) is 51.1 Å². The molecule has 0 radical (unpaired) electrons. The molecule has 0 spiro atoms. The van der Waals surface area contributed by atoms with E-state index in [0.29, 0.717) is 11.8 Å². The molecule has 0 amide bonds. The number of rotatable bonds is 4. The quantitative estimate of drug-likeness (QED) is 0.752. The molecule has 1 saturated carbocycles. The van der Waals surface area contributed by atoms with Crippen LogP contribution in [0.15, 0.2) is 29.3 Å². The third-order valence-electron chi connectivity index (χ3n) is 7.21. The van der Waals surface area contributed by atoms with E-state index in [9.17, 15) is 4.79 Å². The first-order valence-corrected chi connectivity index (χ1v) is 10.3. The van der Waals surface area contributed by atoms with Crippen LogP contribution in [0.25, 0.3) is 5.57 Å². The van der Waals surface area contributed by atoms with Crippen LogP contribution in [0.1, 0.15) is 30.4 Å². The molecular formula is C23H28N2O3. The summed E-state index contributed by atoms with van der Waals surface area (Å²) in [7, 11) is 3.28. The highest BCUT2D eigenvalue weighted by atomic mass is 16.5. The Balaban J connectivity index is 1.67. The first-order chi connectivity index (χ1) is 13.6. The Kier molecular flexibility index (Phi) is 4.21. The second kappa shape index (κ2) is 6.53. The van der Waals surface area contributed by atoms with E-state index in [4.69, 9.17) is 14.5 Å². The van der Waals surface area contributed by atoms with E-state index in [2.05, 4.69) is 36.1 Å². The van der Waals surface area contributed by atoms with Crippen LogP contribution in [0.5, 0.6) is 0 Å². The number of nitrogens with zero attached hydrogens (tertiary/aromatic N) is 2. The van der Waals surface area contributed by atoms with Crippen molar-refractivity contribution in [3.63, 3.8) is 0 Å². The number of fused-ring (bicyclic) bond motifs is 4. The number of allylic oxidation sites excluding steroid dienone is 1. The molecule has 0 N–H and O–H groups in total. The second-order valence-corrected chi connectivity index (χ2v) is 8.81. The number of methoxy groups -OCH3 is 2. The van der Waals surface area contributed by atoms with E-state index >= 15 is 0 Å². The predicted molar refractivity (Wildman–Crippen MR) is 109 cm³/mol. The minimum Gasteiger partial charge on any atom is -0.468 e. The zero-order chi connectivity index (χ0) is 19.5. The van der Waals surface area contributed by atoms with Crippen molar-refractivity contribution in [2.45, 2.75) is 32.2 Å². The molecule has 5 heteroatoms. The summed E-state index contributed by atoms with van der Waals surface area (Å²) < 4.78 is 10.9. The van der Waals surface area contributed by atoms with Crippen molar-refractivity contribution in [1.82, 2.24) is 4.90 Å². The van der Waals surface area contributed by atoms with Crippen molar-refractivity contribution in [1.29, 1.82) is 0 Å². The fourth-order valence-electron chi connectivity index (χ4n) is 6.29. The predicted octanol–water partition coefficient (Wildman–Crippen LogP) is 3.38. The van der Waals surface area contributed by atoms with E-state index in [1.807, 2.05) is 0 Å². The number of aliphatic imine (C=N–C) groups is 1. The summed E-state index contributed by atoms with van der Waals surface area (Å²) in [4.78, 5) is 21.0. The summed E-state index contributed by atoms with van der Waals surface area (Å²) in [6, 6.07) is 6.51. The van der Waals surface area contributed by atoms with E-state index in [-0.39, 0.29) is 12.0 Å². The van der Waals surface area contributed by atoms with Gasteiger partial charge in [0.25, 0.3) is 0 Å². The molecule has 4 heterocycles. The Morgan fingerprint density at radius 3 is 3.00 bits per heavy atom. The lowest BCUT2D eigenvalue weighted by molar-refractivity contribution is -0.164. The van der Waals surface area contributed by atoms with Crippen LogP contribution in [0.2, 0.25) is 0 Å². The van der Waals surface area contributed by atoms with Crippen LogP contribution >= 0.6 is 0 Å². The Labute approximate surface area is 166 Å². The monoisotopic (exact) mass is 380 g/mol. The number of aryl methyl sites for hydroxylation is 1. The van der Waals surface area contributed by atoms with E-state index < -0.39 is 5.41 Å². The fraction of sp³-hybridized carbons (Fsp3) is 0.565. The van der Waals surface area contributed by atoms with Crippen LogP contribution in [0.4, 0.5) is 5.69 Å². The van der Waals surface area contributed by atoms with Crippen LogP contribution < -0.4 is 0 Å². The Hall–Kier alpha value is -1.98. The Bertz CT molecular complexity index is 890. The average molecular weight is 380 g/mol. The van der Waals surface area contributed by atoms with Gasteiger partial charge in [0.15, 0.2) is 0 Å². The molecule has 5 nitrogen and oxygen atoms in total. The third-order valence-corrected chi connectivity index (χ3v) is 7.21. The van der Waals surface area contributed by atoms with Crippen molar-refractivity contribution in [3.05, 3.63) is 35.4 Å². The molecule has 1 aliphatic carbocycles. The lowest BCUT2D eigenvalue weighted by Gasteiger charge is -2.58. The SMILES string of the molecule is COCCC1CC2CN3CC=C4C(=Nc5ccc(C)cc54)C(C(=O)OC)(C2)C13. The molecule has 1 aromatic carbocycles. The van der Waals surface area contributed by atoms with Crippen molar-refractivity contribution >= 4 is 22.9 Å². The fourth-order valence-corrected chi connectivity index (χ4v) is 6.29. The van der Waals surface area contributed by atoms with Gasteiger partial charge in [-0.15, -0.1) is 0 Å². The smallest absolute Gasteiger partial charge is 0.319 e. The Morgan fingerprint density at radius 1 is 1.36 bits per heavy atom. The maximum Gasteiger partial charge on any atom is 0.319 e. The van der Waals surface area contributed by atoms with Crippen molar-refractivity contribution in [2.75, 3.05) is 33.9 Å². The van der Waals surface area contributed by atoms with E-state index in [1.54, 1.807) is 7.11 Å². The number of hydrogen-bond acceptors (Lipinski definition) is 5. The van der Waals surface area contributed by atoms with Crippen LogP contribution in [0, 0.1) is 24.2 Å². The maximum absolute atomic E-state index is 13.4. The number of benzene rings is 1. The van der Waals surface area contributed by atoms with Gasteiger partial charge in [-0.3, -0.25) is 14.7 Å².